The Morgan fingerprint density at radius 2 is 2.11 bits per heavy atom. The molecule has 0 aliphatic heterocycles. The van der Waals surface area contributed by atoms with Gasteiger partial charge >= 0.3 is 0 Å². The molecule has 2 heterocycles. The van der Waals surface area contributed by atoms with Crippen molar-refractivity contribution in [3.05, 3.63) is 48.0 Å². The lowest BCUT2D eigenvalue weighted by Gasteiger charge is -2.26. The fourth-order valence-electron chi connectivity index (χ4n) is 2.36. The zero-order valence-electron chi connectivity index (χ0n) is 12.0. The fourth-order valence-corrected chi connectivity index (χ4v) is 2.36. The predicted octanol–water partition coefficient (Wildman–Crippen LogP) is 2.67. The number of hydrogen-bond acceptors (Lipinski definition) is 3. The molecule has 0 aliphatic rings. The monoisotopic (exact) mass is 258 g/mol. The molecular formula is C15H22N4. The van der Waals surface area contributed by atoms with Crippen LogP contribution >= 0.6 is 0 Å². The molecule has 0 amide bonds. The first-order valence-corrected chi connectivity index (χ1v) is 6.82. The van der Waals surface area contributed by atoms with Crippen LogP contribution in [0.5, 0.6) is 0 Å². The first-order chi connectivity index (χ1) is 9.22. The zero-order chi connectivity index (χ0) is 13.7. The first kappa shape index (κ1) is 13.7. The molecule has 2 aromatic rings. The molecule has 0 radical (unpaired) electrons. The van der Waals surface area contributed by atoms with Crippen LogP contribution in [-0.2, 0) is 6.54 Å². The van der Waals surface area contributed by atoms with E-state index in [2.05, 4.69) is 48.0 Å². The topological polar surface area (TPSA) is 34.0 Å². The molecule has 0 saturated carbocycles. The quantitative estimate of drug-likeness (QED) is 0.799. The molecule has 102 valence electrons. The minimum Gasteiger partial charge on any atom is -0.296 e. The van der Waals surface area contributed by atoms with E-state index in [4.69, 9.17) is 0 Å². The van der Waals surface area contributed by atoms with Gasteiger partial charge in [-0.2, -0.15) is 5.10 Å². The van der Waals surface area contributed by atoms with E-state index in [1.807, 2.05) is 29.2 Å². The van der Waals surface area contributed by atoms with Crippen molar-refractivity contribution in [2.45, 2.75) is 32.9 Å². The molecule has 2 aromatic heterocycles. The summed E-state index contributed by atoms with van der Waals surface area (Å²) in [5.41, 5.74) is 2.35. The molecular weight excluding hydrogens is 236 g/mol. The third-order valence-corrected chi connectivity index (χ3v) is 3.54. The van der Waals surface area contributed by atoms with Gasteiger partial charge in [-0.15, -0.1) is 0 Å². The number of aryl methyl sites for hydroxylation is 1. The lowest BCUT2D eigenvalue weighted by molar-refractivity contribution is 0.222. The summed E-state index contributed by atoms with van der Waals surface area (Å²) in [4.78, 5) is 6.82. The Labute approximate surface area is 115 Å². The van der Waals surface area contributed by atoms with Gasteiger partial charge in [-0.3, -0.25) is 14.6 Å². The van der Waals surface area contributed by atoms with Gasteiger partial charge in [0.15, 0.2) is 0 Å². The van der Waals surface area contributed by atoms with E-state index in [0.29, 0.717) is 6.04 Å². The van der Waals surface area contributed by atoms with Gasteiger partial charge in [0.25, 0.3) is 0 Å². The Morgan fingerprint density at radius 1 is 1.26 bits per heavy atom. The van der Waals surface area contributed by atoms with Crippen molar-refractivity contribution in [1.29, 1.82) is 0 Å². The Kier molecular flexibility index (Phi) is 4.68. The number of aromatic nitrogens is 3. The van der Waals surface area contributed by atoms with Crippen LogP contribution in [0.4, 0.5) is 0 Å². The number of likely N-dealkylation sites (N-methyl/N-ethyl adjacent to an activating group) is 1. The highest BCUT2D eigenvalue weighted by molar-refractivity contribution is 5.08. The van der Waals surface area contributed by atoms with Crippen LogP contribution in [0, 0.1) is 6.92 Å². The van der Waals surface area contributed by atoms with E-state index in [1.54, 1.807) is 0 Å². The summed E-state index contributed by atoms with van der Waals surface area (Å²) in [5, 5.41) is 4.32. The Bertz CT molecular complexity index is 492. The van der Waals surface area contributed by atoms with Crippen molar-refractivity contribution in [3.8, 4) is 0 Å². The normalized spacial score (nSPS) is 12.8. The second kappa shape index (κ2) is 6.48. The predicted molar refractivity (Wildman–Crippen MR) is 76.9 cm³/mol. The molecule has 0 aliphatic carbocycles. The van der Waals surface area contributed by atoms with Crippen LogP contribution < -0.4 is 0 Å². The van der Waals surface area contributed by atoms with Gasteiger partial charge in [0, 0.05) is 24.6 Å². The third-order valence-electron chi connectivity index (χ3n) is 3.54. The van der Waals surface area contributed by atoms with Crippen molar-refractivity contribution in [3.63, 3.8) is 0 Å². The summed E-state index contributed by atoms with van der Waals surface area (Å²) in [6, 6.07) is 8.52. The summed E-state index contributed by atoms with van der Waals surface area (Å²) < 4.78 is 2.04. The van der Waals surface area contributed by atoms with E-state index in [0.717, 1.165) is 25.2 Å². The van der Waals surface area contributed by atoms with E-state index >= 15 is 0 Å². The Balaban J connectivity index is 1.98. The summed E-state index contributed by atoms with van der Waals surface area (Å²) in [5.74, 6) is 0. The van der Waals surface area contributed by atoms with Crippen molar-refractivity contribution in [2.24, 2.45) is 0 Å². The molecule has 4 nitrogen and oxygen atoms in total. The number of rotatable bonds is 6. The van der Waals surface area contributed by atoms with Gasteiger partial charge in [-0.25, -0.2) is 0 Å². The Morgan fingerprint density at radius 3 is 2.68 bits per heavy atom. The van der Waals surface area contributed by atoms with Crippen molar-refractivity contribution >= 4 is 0 Å². The maximum atomic E-state index is 4.47. The molecule has 19 heavy (non-hydrogen) atoms. The smallest absolute Gasteiger partial charge is 0.0575 e. The number of nitrogens with zero attached hydrogens (tertiary/aromatic N) is 4. The van der Waals surface area contributed by atoms with E-state index in [-0.39, 0.29) is 0 Å². The standard InChI is InChI=1S/C15H22N4/c1-4-15(14-7-5-6-9-16-14)18(3)11-12-19-13(2)8-10-17-19/h5-10,15H,4,11-12H2,1-3H3/t15-/m1/s1. The minimum absolute atomic E-state index is 0.372. The second-order valence-corrected chi connectivity index (χ2v) is 4.85. The van der Waals surface area contributed by atoms with Crippen LogP contribution in [0.1, 0.15) is 30.8 Å². The average molecular weight is 258 g/mol. The van der Waals surface area contributed by atoms with Crippen LogP contribution in [0.2, 0.25) is 0 Å². The molecule has 0 spiro atoms. The summed E-state index contributed by atoms with van der Waals surface area (Å²) in [6.07, 6.45) is 4.78. The fraction of sp³-hybridized carbons (Fsp3) is 0.467. The highest BCUT2D eigenvalue weighted by Crippen LogP contribution is 2.20. The highest BCUT2D eigenvalue weighted by Gasteiger charge is 2.15. The zero-order valence-corrected chi connectivity index (χ0v) is 12.0. The molecule has 0 unspecified atom stereocenters. The number of hydrogen-bond donors (Lipinski definition) is 0. The minimum atomic E-state index is 0.372. The summed E-state index contributed by atoms with van der Waals surface area (Å²) >= 11 is 0. The van der Waals surface area contributed by atoms with Crippen LogP contribution in [0.25, 0.3) is 0 Å². The maximum absolute atomic E-state index is 4.47. The van der Waals surface area contributed by atoms with Crippen LogP contribution in [0.15, 0.2) is 36.7 Å². The lowest BCUT2D eigenvalue weighted by Crippen LogP contribution is -2.28. The Hall–Kier alpha value is -1.68. The van der Waals surface area contributed by atoms with Crippen molar-refractivity contribution in [1.82, 2.24) is 19.7 Å². The molecule has 0 N–H and O–H groups in total. The molecule has 2 rings (SSSR count). The van der Waals surface area contributed by atoms with Gasteiger partial charge < -0.3 is 0 Å². The number of pyridine rings is 1. The average Bonchev–Trinajstić information content (AvgIpc) is 2.84. The van der Waals surface area contributed by atoms with Gasteiger partial charge in [0.05, 0.1) is 18.3 Å². The van der Waals surface area contributed by atoms with E-state index in [9.17, 15) is 0 Å². The molecule has 4 heteroatoms. The van der Waals surface area contributed by atoms with Crippen molar-refractivity contribution in [2.75, 3.05) is 13.6 Å². The largest absolute Gasteiger partial charge is 0.296 e. The summed E-state index contributed by atoms with van der Waals surface area (Å²) in [6.45, 7) is 6.17. The van der Waals surface area contributed by atoms with Gasteiger partial charge in [-0.05, 0) is 38.6 Å². The highest BCUT2D eigenvalue weighted by atomic mass is 15.3. The van der Waals surface area contributed by atoms with Crippen LogP contribution in [0.3, 0.4) is 0 Å². The molecule has 0 saturated heterocycles. The van der Waals surface area contributed by atoms with Crippen molar-refractivity contribution < 1.29 is 0 Å². The summed E-state index contributed by atoms with van der Waals surface area (Å²) in [7, 11) is 2.15. The van der Waals surface area contributed by atoms with Gasteiger partial charge in [0.2, 0.25) is 0 Å². The van der Waals surface area contributed by atoms with Gasteiger partial charge in [0.1, 0.15) is 0 Å². The van der Waals surface area contributed by atoms with Crippen LogP contribution in [-0.4, -0.2) is 33.3 Å². The molecule has 0 aromatic carbocycles. The molecule has 1 atom stereocenters. The van der Waals surface area contributed by atoms with Gasteiger partial charge in [-0.1, -0.05) is 13.0 Å². The maximum Gasteiger partial charge on any atom is 0.0575 e. The second-order valence-electron chi connectivity index (χ2n) is 4.85. The molecule has 0 bridgehead atoms. The van der Waals surface area contributed by atoms with E-state index in [1.165, 1.54) is 5.69 Å². The lowest BCUT2D eigenvalue weighted by atomic mass is 10.1. The molecule has 0 fully saturated rings. The SMILES string of the molecule is CC[C@H](c1ccccn1)N(C)CCn1nccc1C. The third kappa shape index (κ3) is 3.41. The first-order valence-electron chi connectivity index (χ1n) is 6.82. The van der Waals surface area contributed by atoms with E-state index < -0.39 is 0 Å².